The number of para-hydroxylation sites is 1. The minimum atomic E-state index is -0.0615. The summed E-state index contributed by atoms with van der Waals surface area (Å²) >= 11 is 0. The fourth-order valence-electron chi connectivity index (χ4n) is 2.22. The maximum Gasteiger partial charge on any atom is 0.321 e. The van der Waals surface area contributed by atoms with Gasteiger partial charge in [0.25, 0.3) is 0 Å². The van der Waals surface area contributed by atoms with Gasteiger partial charge >= 0.3 is 6.03 Å². The minimum absolute atomic E-state index is 0.0615. The molecule has 0 bridgehead atoms. The molecule has 0 aliphatic carbocycles. The van der Waals surface area contributed by atoms with Crippen molar-refractivity contribution < 1.29 is 9.53 Å². The van der Waals surface area contributed by atoms with E-state index >= 15 is 0 Å². The molecule has 0 heterocycles. The molecule has 1 aromatic rings. The molecule has 0 saturated heterocycles. The van der Waals surface area contributed by atoms with Gasteiger partial charge in [-0.25, -0.2) is 4.79 Å². The number of carbonyl (C=O) groups is 1. The molecule has 0 aliphatic rings. The maximum absolute atomic E-state index is 12.3. The predicted octanol–water partition coefficient (Wildman–Crippen LogP) is 3.99. The van der Waals surface area contributed by atoms with Crippen LogP contribution in [0.1, 0.15) is 33.3 Å². The van der Waals surface area contributed by atoms with Gasteiger partial charge in [-0.1, -0.05) is 45.9 Å². The zero-order valence-corrected chi connectivity index (χ0v) is 14.3. The van der Waals surface area contributed by atoms with Crippen molar-refractivity contribution in [1.29, 1.82) is 0 Å². The fourth-order valence-corrected chi connectivity index (χ4v) is 2.22. The van der Waals surface area contributed by atoms with E-state index in [-0.39, 0.29) is 6.03 Å². The highest BCUT2D eigenvalue weighted by molar-refractivity contribution is 5.76. The lowest BCUT2D eigenvalue weighted by Crippen LogP contribution is -2.41. The van der Waals surface area contributed by atoms with Gasteiger partial charge in [-0.15, -0.1) is 0 Å². The monoisotopic (exact) mass is 304 g/mol. The number of benzene rings is 1. The summed E-state index contributed by atoms with van der Waals surface area (Å²) < 4.78 is 5.28. The Labute approximate surface area is 134 Å². The molecule has 22 heavy (non-hydrogen) atoms. The third-order valence-corrected chi connectivity index (χ3v) is 3.07. The van der Waals surface area contributed by atoms with Crippen LogP contribution in [-0.2, 0) is 0 Å². The third kappa shape index (κ3) is 6.20. The van der Waals surface area contributed by atoms with E-state index < -0.39 is 0 Å². The minimum Gasteiger partial charge on any atom is -0.496 e. The van der Waals surface area contributed by atoms with Gasteiger partial charge in [0.15, 0.2) is 0 Å². The number of methoxy groups -OCH3 is 1. The standard InChI is InChI=1S/C18H28N2O2/c1-14(2)12-20(13-15(3)4)18(21)19-11-10-16-8-6-7-9-17(16)22-5/h6-11,14-15H,12-13H2,1-5H3,(H,19,21)/b11-10+. The Hall–Kier alpha value is -1.97. The molecule has 1 rings (SSSR count). The summed E-state index contributed by atoms with van der Waals surface area (Å²) in [5.41, 5.74) is 0.935. The molecule has 122 valence electrons. The van der Waals surface area contributed by atoms with Crippen molar-refractivity contribution in [3.8, 4) is 5.75 Å². The number of carbonyl (C=O) groups excluding carboxylic acids is 1. The molecule has 1 N–H and O–H groups in total. The van der Waals surface area contributed by atoms with Crippen LogP contribution in [0, 0.1) is 11.8 Å². The average Bonchev–Trinajstić information content (AvgIpc) is 2.46. The van der Waals surface area contributed by atoms with Crippen molar-refractivity contribution in [2.45, 2.75) is 27.7 Å². The smallest absolute Gasteiger partial charge is 0.321 e. The summed E-state index contributed by atoms with van der Waals surface area (Å²) in [5, 5.41) is 2.84. The molecular weight excluding hydrogens is 276 g/mol. The molecule has 4 nitrogen and oxygen atoms in total. The number of urea groups is 1. The van der Waals surface area contributed by atoms with E-state index in [9.17, 15) is 4.79 Å². The van der Waals surface area contributed by atoms with E-state index in [4.69, 9.17) is 4.74 Å². The van der Waals surface area contributed by atoms with Gasteiger partial charge in [0.1, 0.15) is 5.75 Å². The van der Waals surface area contributed by atoms with Crippen LogP contribution >= 0.6 is 0 Å². The molecule has 0 saturated carbocycles. The number of nitrogens with one attached hydrogen (secondary N) is 1. The number of ether oxygens (including phenoxy) is 1. The van der Waals surface area contributed by atoms with E-state index in [1.165, 1.54) is 0 Å². The largest absolute Gasteiger partial charge is 0.496 e. The lowest BCUT2D eigenvalue weighted by atomic mass is 10.1. The van der Waals surface area contributed by atoms with E-state index in [0.717, 1.165) is 24.4 Å². The fraction of sp³-hybridized carbons (Fsp3) is 0.500. The topological polar surface area (TPSA) is 41.6 Å². The SMILES string of the molecule is COc1ccccc1/C=C/NC(=O)N(CC(C)C)CC(C)C. The first kappa shape index (κ1) is 18.1. The molecular formula is C18H28N2O2. The van der Waals surface area contributed by atoms with Gasteiger partial charge in [0.2, 0.25) is 0 Å². The normalized spacial score (nSPS) is 11.2. The number of amides is 2. The van der Waals surface area contributed by atoms with Crippen LogP contribution < -0.4 is 10.1 Å². The summed E-state index contributed by atoms with van der Waals surface area (Å²) in [6, 6.07) is 7.64. The molecule has 0 atom stereocenters. The first-order chi connectivity index (χ1) is 10.4. The van der Waals surface area contributed by atoms with Crippen LogP contribution in [0.4, 0.5) is 4.79 Å². The Kier molecular flexibility index (Phi) is 7.50. The van der Waals surface area contributed by atoms with Crippen LogP contribution in [0.3, 0.4) is 0 Å². The lowest BCUT2D eigenvalue weighted by Gasteiger charge is -2.25. The first-order valence-electron chi connectivity index (χ1n) is 7.79. The van der Waals surface area contributed by atoms with Crippen molar-refractivity contribution >= 4 is 12.1 Å². The molecule has 0 spiro atoms. The maximum atomic E-state index is 12.3. The van der Waals surface area contributed by atoms with E-state index in [2.05, 4.69) is 33.0 Å². The van der Waals surface area contributed by atoms with Crippen LogP contribution in [0.25, 0.3) is 6.08 Å². The van der Waals surface area contributed by atoms with Crippen LogP contribution in [0.2, 0.25) is 0 Å². The number of rotatable bonds is 7. The van der Waals surface area contributed by atoms with E-state index in [1.54, 1.807) is 13.3 Å². The van der Waals surface area contributed by atoms with Crippen molar-refractivity contribution in [1.82, 2.24) is 10.2 Å². The highest BCUT2D eigenvalue weighted by Crippen LogP contribution is 2.18. The highest BCUT2D eigenvalue weighted by Gasteiger charge is 2.14. The summed E-state index contributed by atoms with van der Waals surface area (Å²) in [6.07, 6.45) is 3.52. The summed E-state index contributed by atoms with van der Waals surface area (Å²) in [7, 11) is 1.64. The summed E-state index contributed by atoms with van der Waals surface area (Å²) in [6.45, 7) is 9.98. The van der Waals surface area contributed by atoms with Gasteiger partial charge in [-0.3, -0.25) is 0 Å². The Bertz CT molecular complexity index is 486. The Balaban J connectivity index is 2.67. The third-order valence-electron chi connectivity index (χ3n) is 3.07. The van der Waals surface area contributed by atoms with Crippen molar-refractivity contribution in [3.05, 3.63) is 36.0 Å². The second kappa shape index (κ2) is 9.13. The second-order valence-electron chi connectivity index (χ2n) is 6.22. The number of nitrogens with zero attached hydrogens (tertiary/aromatic N) is 1. The summed E-state index contributed by atoms with van der Waals surface area (Å²) in [4.78, 5) is 14.2. The van der Waals surface area contributed by atoms with Crippen molar-refractivity contribution in [2.75, 3.05) is 20.2 Å². The lowest BCUT2D eigenvalue weighted by molar-refractivity contribution is 0.187. The van der Waals surface area contributed by atoms with Crippen molar-refractivity contribution in [2.24, 2.45) is 11.8 Å². The van der Waals surface area contributed by atoms with Crippen molar-refractivity contribution in [3.63, 3.8) is 0 Å². The zero-order valence-electron chi connectivity index (χ0n) is 14.3. The molecule has 0 aliphatic heterocycles. The molecule has 0 radical (unpaired) electrons. The van der Waals surface area contributed by atoms with Gasteiger partial charge in [0, 0.05) is 24.9 Å². The number of hydrogen-bond acceptors (Lipinski definition) is 2. The Morgan fingerprint density at radius 3 is 2.32 bits per heavy atom. The molecule has 1 aromatic carbocycles. The molecule has 4 heteroatoms. The molecule has 0 unspecified atom stereocenters. The average molecular weight is 304 g/mol. The van der Waals surface area contributed by atoms with Gasteiger partial charge < -0.3 is 15.0 Å². The number of hydrogen-bond donors (Lipinski definition) is 1. The predicted molar refractivity (Wildman–Crippen MR) is 91.8 cm³/mol. The zero-order chi connectivity index (χ0) is 16.5. The Morgan fingerprint density at radius 2 is 1.77 bits per heavy atom. The van der Waals surface area contributed by atoms with Gasteiger partial charge in [0.05, 0.1) is 7.11 Å². The van der Waals surface area contributed by atoms with Crippen LogP contribution in [0.15, 0.2) is 30.5 Å². The van der Waals surface area contributed by atoms with Gasteiger partial charge in [-0.2, -0.15) is 0 Å². The van der Waals surface area contributed by atoms with Gasteiger partial charge in [-0.05, 0) is 24.0 Å². The van der Waals surface area contributed by atoms with E-state index in [0.29, 0.717) is 11.8 Å². The Morgan fingerprint density at radius 1 is 1.18 bits per heavy atom. The molecule has 0 fully saturated rings. The highest BCUT2D eigenvalue weighted by atomic mass is 16.5. The van der Waals surface area contributed by atoms with Crippen LogP contribution in [0.5, 0.6) is 5.75 Å². The second-order valence-corrected chi connectivity index (χ2v) is 6.22. The first-order valence-corrected chi connectivity index (χ1v) is 7.79. The quantitative estimate of drug-likeness (QED) is 0.827. The van der Waals surface area contributed by atoms with Crippen LogP contribution in [-0.4, -0.2) is 31.1 Å². The summed E-state index contributed by atoms with van der Waals surface area (Å²) in [5.74, 6) is 1.68. The molecule has 2 amide bonds. The molecule has 0 aromatic heterocycles. The van der Waals surface area contributed by atoms with E-state index in [1.807, 2.05) is 35.2 Å².